The summed E-state index contributed by atoms with van der Waals surface area (Å²) in [5, 5.41) is 156. The van der Waals surface area contributed by atoms with Crippen molar-refractivity contribution in [2.24, 2.45) is 0 Å². The molecule has 0 amide bonds. The van der Waals surface area contributed by atoms with Gasteiger partial charge in [-0.05, 0) is 0 Å². The second kappa shape index (κ2) is 32.8. The summed E-state index contributed by atoms with van der Waals surface area (Å²) < 4.78 is 0. The molecular weight excluding hydrogens is 1020 g/mol. The number of carboxylic acid groups (broad SMARTS) is 12. The Balaban J connectivity index is -0.000000179. The predicted octanol–water partition coefficient (Wildman–Crippen LogP) is -18.4. The van der Waals surface area contributed by atoms with Gasteiger partial charge in [0.25, 0.3) is 0 Å². The van der Waals surface area contributed by atoms with Crippen LogP contribution in [-0.2, 0) is 103 Å². The molecule has 3 unspecified atom stereocenters. The van der Waals surface area contributed by atoms with Gasteiger partial charge in [-0.2, -0.15) is 17.7 Å². The standard InChI is InChI=1S/3C6H9NO7.2C6H8O7.Fe/c3*7-14-4(10)2-6(13,5(11)12)1-3(8)9;2*7-3(8)1-6(13,5(11)12)2-4(9)10;/h3*13H,1-2H2,7H3,(H-,8,9,11,12);2*13H,1-2H2,(H,7,8)(H,9,10)(H,11,12);/q;;;;;+3/p-3. The summed E-state index contributed by atoms with van der Waals surface area (Å²) in [6.07, 6.45) is -11.6. The fourth-order valence-electron chi connectivity index (χ4n) is 3.63. The summed E-state index contributed by atoms with van der Waals surface area (Å²) in [4.78, 5) is 165. The number of hydrogen-bond donors (Lipinski definition) is 14. The van der Waals surface area contributed by atoms with Gasteiger partial charge in [0.15, 0.2) is 16.8 Å². The molecule has 0 spiro atoms. The van der Waals surface area contributed by atoms with Gasteiger partial charge in [-0.15, -0.1) is 0 Å². The third kappa shape index (κ3) is 33.4. The van der Waals surface area contributed by atoms with Crippen LogP contribution < -0.4 is 48.3 Å². The van der Waals surface area contributed by atoms with Crippen molar-refractivity contribution in [2.75, 3.05) is 0 Å². The van der Waals surface area contributed by atoms with E-state index in [9.17, 15) is 118 Å². The fourth-order valence-corrected chi connectivity index (χ4v) is 3.63. The number of aliphatic hydroxyl groups is 5. The number of hydrogen-bond acceptors (Lipinski definition) is 29. The van der Waals surface area contributed by atoms with Crippen molar-refractivity contribution in [3.05, 3.63) is 0 Å². The predicted molar refractivity (Wildman–Crippen MR) is 174 cm³/mol. The zero-order valence-corrected chi connectivity index (χ0v) is 35.4. The molecule has 0 saturated carbocycles. The third-order valence-corrected chi connectivity index (χ3v) is 6.83. The molecule has 0 aliphatic carbocycles. The molecule has 0 rings (SSSR count). The number of carbonyl (C=O) groups excluding carboxylic acids is 9. The molecule has 0 aromatic heterocycles. The van der Waals surface area contributed by atoms with Crippen LogP contribution in [0, 0.1) is 0 Å². The molecule has 1 radical (unpaired) electrons. The van der Waals surface area contributed by atoms with E-state index in [2.05, 4.69) is 32.2 Å². The fraction of sp³-hybridized carbons (Fsp3) is 0.500. The number of rotatable bonds is 25. The molecule has 0 saturated heterocycles. The maximum absolute atomic E-state index is 10.6. The van der Waals surface area contributed by atoms with E-state index >= 15 is 0 Å². The van der Waals surface area contributed by atoms with E-state index in [1.54, 1.807) is 0 Å². The summed E-state index contributed by atoms with van der Waals surface area (Å²) in [6, 6.07) is 0. The SMILES string of the molecule is O=C([O-])CC(O)(CC(=O)[O-])C(=O)[O-].O=C([O-])CC(O)(CC(=O)[O-])C(=O)[O-].[Fe+3].[NH3+]OC(=O)CC(O)(CC(=O)O)C(=O)O.[NH3+]OC(=O)CC(O)(CC(=O)O)C(=O)O.[NH3+]OC(=O)CC(O)(CC(=O)O)C(=O)O. The minimum Gasteiger partial charge on any atom is -0.550 e. The van der Waals surface area contributed by atoms with E-state index in [1.165, 1.54) is 0 Å². The van der Waals surface area contributed by atoms with Gasteiger partial charge in [0.1, 0.15) is 11.2 Å². The van der Waals surface area contributed by atoms with E-state index in [1.807, 2.05) is 0 Å². The quantitative estimate of drug-likeness (QED) is 0.0298. The van der Waals surface area contributed by atoms with Crippen LogP contribution in [0.5, 0.6) is 0 Å². The van der Waals surface area contributed by atoms with E-state index in [-0.39, 0.29) is 17.1 Å². The molecular formula is C30H40FeN3O35. The Labute approximate surface area is 389 Å². The molecule has 3 atom stereocenters. The number of carboxylic acids is 12. The summed E-state index contributed by atoms with van der Waals surface area (Å²) >= 11 is 0. The normalized spacial score (nSPS) is 12.7. The van der Waals surface area contributed by atoms with Crippen molar-refractivity contribution in [1.29, 1.82) is 0 Å². The van der Waals surface area contributed by atoms with Crippen LogP contribution in [0.3, 0.4) is 0 Å². The number of carbonyl (C=O) groups is 15. The van der Waals surface area contributed by atoms with Crippen molar-refractivity contribution < 1.29 is 208 Å². The molecule has 39 heteroatoms. The van der Waals surface area contributed by atoms with Crippen LogP contribution in [0.15, 0.2) is 0 Å². The Morgan fingerprint density at radius 2 is 0.478 bits per heavy atom. The Morgan fingerprint density at radius 1 is 0.319 bits per heavy atom. The van der Waals surface area contributed by atoms with Crippen LogP contribution in [-0.4, -0.2) is 174 Å². The topological polar surface area (TPSA) is 728 Å². The number of aliphatic carboxylic acids is 12. The van der Waals surface area contributed by atoms with E-state index in [4.69, 9.17) is 40.9 Å². The molecule has 0 heterocycles. The minimum absolute atomic E-state index is 0. The van der Waals surface area contributed by atoms with E-state index in [0.717, 1.165) is 0 Å². The molecule has 0 aliphatic heterocycles. The Morgan fingerprint density at radius 3 is 0.565 bits per heavy atom. The van der Waals surface area contributed by atoms with Crippen LogP contribution >= 0.6 is 0 Å². The zero-order valence-electron chi connectivity index (χ0n) is 34.3. The van der Waals surface area contributed by atoms with Gasteiger partial charge in [0, 0.05) is 49.6 Å². The average molecular weight is 1060 g/mol. The first-order valence-corrected chi connectivity index (χ1v) is 16.5. The van der Waals surface area contributed by atoms with Crippen LogP contribution in [0.4, 0.5) is 0 Å². The average Bonchev–Trinajstić information content (AvgIpc) is 3.13. The summed E-state index contributed by atoms with van der Waals surface area (Å²) in [6.45, 7) is 0. The largest absolute Gasteiger partial charge is 3.00 e. The molecule has 20 N–H and O–H groups in total. The maximum Gasteiger partial charge on any atom is 3.00 e. The third-order valence-electron chi connectivity index (χ3n) is 6.83. The smallest absolute Gasteiger partial charge is 0.550 e. The number of quaternary nitrogens is 3. The van der Waals surface area contributed by atoms with Gasteiger partial charge in [0.05, 0.1) is 50.5 Å². The first-order chi connectivity index (χ1) is 30.5. The van der Waals surface area contributed by atoms with Crippen LogP contribution in [0.1, 0.15) is 64.2 Å². The second-order valence-corrected chi connectivity index (χ2v) is 12.6. The Hall–Kier alpha value is -7.75. The van der Waals surface area contributed by atoms with Crippen molar-refractivity contribution in [1.82, 2.24) is 0 Å². The molecule has 69 heavy (non-hydrogen) atoms. The zero-order chi connectivity index (χ0) is 55.4. The van der Waals surface area contributed by atoms with Crippen molar-refractivity contribution >= 4 is 89.5 Å². The van der Waals surface area contributed by atoms with Crippen LogP contribution in [0.2, 0.25) is 0 Å². The first kappa shape index (κ1) is 72.8. The summed E-state index contributed by atoms with van der Waals surface area (Å²) in [5.74, 6) is -17.2. The van der Waals surface area contributed by atoms with Crippen molar-refractivity contribution in [3.8, 4) is 0 Å². The van der Waals surface area contributed by atoms with E-state index < -0.39 is 182 Å². The van der Waals surface area contributed by atoms with Crippen molar-refractivity contribution in [2.45, 2.75) is 92.2 Å². The molecule has 0 bridgehead atoms. The molecule has 0 fully saturated rings. The molecule has 0 aliphatic rings. The Bertz CT molecular complexity index is 1690. The Kier molecular flexibility index (Phi) is 34.7. The van der Waals surface area contributed by atoms with Gasteiger partial charge in [-0.1, -0.05) is 0 Å². The van der Waals surface area contributed by atoms with Gasteiger partial charge >= 0.3 is 70.8 Å². The summed E-state index contributed by atoms with van der Waals surface area (Å²) in [5.41, 5.74) is -13.9. The van der Waals surface area contributed by atoms with Crippen molar-refractivity contribution in [3.63, 3.8) is 0 Å². The van der Waals surface area contributed by atoms with Gasteiger partial charge in [0.2, 0.25) is 0 Å². The molecule has 0 aromatic rings. The first-order valence-electron chi connectivity index (χ1n) is 16.5. The minimum atomic E-state index is -2.97. The maximum atomic E-state index is 10.6. The van der Waals surface area contributed by atoms with Crippen LogP contribution in [0.25, 0.3) is 0 Å². The van der Waals surface area contributed by atoms with Gasteiger partial charge in [-0.3, -0.25) is 28.9 Å². The van der Waals surface area contributed by atoms with Gasteiger partial charge in [-0.25, -0.2) is 28.8 Å². The molecule has 0 aromatic carbocycles. The van der Waals surface area contributed by atoms with Gasteiger partial charge < -0.3 is 116 Å². The second-order valence-electron chi connectivity index (χ2n) is 12.6. The van der Waals surface area contributed by atoms with E-state index in [0.29, 0.717) is 0 Å². The molecule has 393 valence electrons. The summed E-state index contributed by atoms with van der Waals surface area (Å²) in [7, 11) is 0. The monoisotopic (exact) mass is 1060 g/mol. The molecule has 38 nitrogen and oxygen atoms in total.